The quantitative estimate of drug-likeness (QED) is 0.403. The number of para-hydroxylation sites is 2. The SMILES string of the molecule is COc1ccccc1[O-].[Li+]. The van der Waals surface area contributed by atoms with Gasteiger partial charge in [-0.05, 0) is 6.07 Å². The minimum atomic E-state index is -0.0694. The summed E-state index contributed by atoms with van der Waals surface area (Å²) < 4.78 is 4.73. The van der Waals surface area contributed by atoms with E-state index in [0.717, 1.165) is 0 Å². The zero-order valence-electron chi connectivity index (χ0n) is 6.13. The molecule has 10 heavy (non-hydrogen) atoms. The molecule has 0 spiro atoms. The predicted molar refractivity (Wildman–Crippen MR) is 32.4 cm³/mol. The van der Waals surface area contributed by atoms with Crippen molar-refractivity contribution in [3.05, 3.63) is 24.3 Å². The Morgan fingerprint density at radius 1 is 1.30 bits per heavy atom. The molecule has 0 heterocycles. The maximum Gasteiger partial charge on any atom is 1.00 e. The van der Waals surface area contributed by atoms with Crippen LogP contribution in [0.3, 0.4) is 0 Å². The molecule has 0 saturated carbocycles. The van der Waals surface area contributed by atoms with Crippen LogP contribution < -0.4 is 28.7 Å². The zero-order valence-corrected chi connectivity index (χ0v) is 6.13. The van der Waals surface area contributed by atoms with Crippen molar-refractivity contribution in [2.75, 3.05) is 7.11 Å². The Balaban J connectivity index is 0.000000810. The molecule has 0 unspecified atom stereocenters. The Labute approximate surface area is 72.0 Å². The van der Waals surface area contributed by atoms with Crippen LogP contribution in [0.4, 0.5) is 0 Å². The van der Waals surface area contributed by atoms with Crippen LogP contribution >= 0.6 is 0 Å². The van der Waals surface area contributed by atoms with E-state index < -0.39 is 0 Å². The summed E-state index contributed by atoms with van der Waals surface area (Å²) in [6.07, 6.45) is 0. The third-order valence-electron chi connectivity index (χ3n) is 1.07. The van der Waals surface area contributed by atoms with E-state index in [9.17, 15) is 5.11 Å². The van der Waals surface area contributed by atoms with E-state index in [4.69, 9.17) is 4.74 Å². The molecule has 1 aromatic rings. The molecule has 1 aromatic carbocycles. The van der Waals surface area contributed by atoms with Crippen LogP contribution in [0, 0.1) is 0 Å². The van der Waals surface area contributed by atoms with Gasteiger partial charge in [0, 0.05) is 0 Å². The summed E-state index contributed by atoms with van der Waals surface area (Å²) in [5, 5.41) is 10.7. The van der Waals surface area contributed by atoms with Crippen molar-refractivity contribution in [3.8, 4) is 11.5 Å². The van der Waals surface area contributed by atoms with Gasteiger partial charge in [0.2, 0.25) is 0 Å². The number of hydrogen-bond acceptors (Lipinski definition) is 2. The second kappa shape index (κ2) is 4.27. The first-order valence-corrected chi connectivity index (χ1v) is 2.64. The molecule has 0 aliphatic heterocycles. The van der Waals surface area contributed by atoms with Gasteiger partial charge in [-0.1, -0.05) is 23.9 Å². The molecule has 0 aliphatic carbocycles. The van der Waals surface area contributed by atoms with Gasteiger partial charge in [-0.15, -0.1) is 0 Å². The van der Waals surface area contributed by atoms with Crippen LogP contribution in [0.15, 0.2) is 24.3 Å². The van der Waals surface area contributed by atoms with Crippen LogP contribution in [0.25, 0.3) is 0 Å². The van der Waals surface area contributed by atoms with Gasteiger partial charge in [0.25, 0.3) is 0 Å². The van der Waals surface area contributed by atoms with E-state index in [2.05, 4.69) is 0 Å². The van der Waals surface area contributed by atoms with Gasteiger partial charge in [0.1, 0.15) is 5.75 Å². The van der Waals surface area contributed by atoms with Gasteiger partial charge in [-0.3, -0.25) is 0 Å². The fraction of sp³-hybridized carbons (Fsp3) is 0.143. The van der Waals surface area contributed by atoms with E-state index in [-0.39, 0.29) is 24.6 Å². The molecule has 0 aromatic heterocycles. The third-order valence-corrected chi connectivity index (χ3v) is 1.07. The summed E-state index contributed by atoms with van der Waals surface area (Å²) in [5.41, 5.74) is 0. The first kappa shape index (κ1) is 9.42. The van der Waals surface area contributed by atoms with E-state index in [1.807, 2.05) is 0 Å². The monoisotopic (exact) mass is 130 g/mol. The van der Waals surface area contributed by atoms with Crippen molar-refractivity contribution in [1.29, 1.82) is 0 Å². The van der Waals surface area contributed by atoms with Gasteiger partial charge in [0.05, 0.1) is 7.11 Å². The maximum absolute atomic E-state index is 10.7. The van der Waals surface area contributed by atoms with E-state index >= 15 is 0 Å². The molecule has 1 rings (SSSR count). The van der Waals surface area contributed by atoms with Crippen LogP contribution in [-0.2, 0) is 0 Å². The van der Waals surface area contributed by atoms with Gasteiger partial charge in [-0.2, -0.15) is 0 Å². The molecule has 0 saturated heterocycles. The smallest absolute Gasteiger partial charge is 0.870 e. The first-order chi connectivity index (χ1) is 4.34. The first-order valence-electron chi connectivity index (χ1n) is 2.64. The molecule has 0 radical (unpaired) electrons. The van der Waals surface area contributed by atoms with Gasteiger partial charge < -0.3 is 9.84 Å². The standard InChI is InChI=1S/C7H8O2.Li/c1-9-7-5-3-2-4-6(7)8;/h2-5,8H,1H3;/q;+1/p-1. The molecule has 2 nitrogen and oxygen atoms in total. The topological polar surface area (TPSA) is 32.3 Å². The summed E-state index contributed by atoms with van der Waals surface area (Å²) in [4.78, 5) is 0. The maximum atomic E-state index is 10.7. The predicted octanol–water partition coefficient (Wildman–Crippen LogP) is -2.23. The molecule has 48 valence electrons. The summed E-state index contributed by atoms with van der Waals surface area (Å²) in [7, 11) is 1.48. The van der Waals surface area contributed by atoms with Crippen molar-refractivity contribution in [2.24, 2.45) is 0 Å². The van der Waals surface area contributed by atoms with Gasteiger partial charge in [-0.25, -0.2) is 0 Å². The minimum Gasteiger partial charge on any atom is -0.870 e. The molecule has 3 heteroatoms. The number of benzene rings is 1. The zero-order chi connectivity index (χ0) is 6.69. The Kier molecular flexibility index (Phi) is 4.02. The van der Waals surface area contributed by atoms with Crippen LogP contribution in [0.1, 0.15) is 0 Å². The van der Waals surface area contributed by atoms with Gasteiger partial charge >= 0.3 is 18.9 Å². The number of ether oxygens (including phenoxy) is 1. The molecule has 0 fully saturated rings. The fourth-order valence-electron chi connectivity index (χ4n) is 0.619. The second-order valence-electron chi connectivity index (χ2n) is 1.65. The van der Waals surface area contributed by atoms with Gasteiger partial charge in [0.15, 0.2) is 0 Å². The average Bonchev–Trinajstić information content (AvgIpc) is 1.89. The summed E-state index contributed by atoms with van der Waals surface area (Å²) >= 11 is 0. The Morgan fingerprint density at radius 2 is 1.90 bits per heavy atom. The Morgan fingerprint density at radius 3 is 2.30 bits per heavy atom. The summed E-state index contributed by atoms with van der Waals surface area (Å²) in [6, 6.07) is 6.56. The van der Waals surface area contributed by atoms with Crippen LogP contribution in [0.2, 0.25) is 0 Å². The van der Waals surface area contributed by atoms with Crippen molar-refractivity contribution in [1.82, 2.24) is 0 Å². The largest absolute Gasteiger partial charge is 1.00 e. The second-order valence-corrected chi connectivity index (χ2v) is 1.65. The number of methoxy groups -OCH3 is 1. The van der Waals surface area contributed by atoms with Crippen molar-refractivity contribution in [3.63, 3.8) is 0 Å². The molecule has 0 atom stereocenters. The molecular weight excluding hydrogens is 123 g/mol. The minimum absolute atomic E-state index is 0. The third kappa shape index (κ3) is 1.98. The fourth-order valence-corrected chi connectivity index (χ4v) is 0.619. The average molecular weight is 130 g/mol. The van der Waals surface area contributed by atoms with E-state index in [0.29, 0.717) is 5.75 Å². The van der Waals surface area contributed by atoms with E-state index in [1.54, 1.807) is 18.2 Å². The Hall–Kier alpha value is -0.583. The van der Waals surface area contributed by atoms with Crippen molar-refractivity contribution < 1.29 is 28.7 Å². The van der Waals surface area contributed by atoms with E-state index in [1.165, 1.54) is 13.2 Å². The molecule has 0 aliphatic rings. The molecular formula is C7H7LiO2. The normalized spacial score (nSPS) is 8.10. The van der Waals surface area contributed by atoms with Crippen LogP contribution in [-0.4, -0.2) is 7.11 Å². The Bertz CT molecular complexity index is 201. The molecule has 0 bridgehead atoms. The summed E-state index contributed by atoms with van der Waals surface area (Å²) in [5.74, 6) is 0.331. The number of hydrogen-bond donors (Lipinski definition) is 0. The number of rotatable bonds is 1. The summed E-state index contributed by atoms with van der Waals surface area (Å²) in [6.45, 7) is 0. The molecule has 0 N–H and O–H groups in total. The van der Waals surface area contributed by atoms with Crippen molar-refractivity contribution in [2.45, 2.75) is 0 Å². The van der Waals surface area contributed by atoms with Crippen molar-refractivity contribution >= 4 is 0 Å². The molecule has 0 amide bonds. The van der Waals surface area contributed by atoms with Crippen LogP contribution in [0.5, 0.6) is 11.5 Å².